The van der Waals surface area contributed by atoms with E-state index >= 15 is 0 Å². The van der Waals surface area contributed by atoms with Crippen molar-refractivity contribution < 1.29 is 4.74 Å². The lowest BCUT2D eigenvalue weighted by atomic mass is 10.1. The number of ether oxygens (including phenoxy) is 1. The quantitative estimate of drug-likeness (QED) is 0.510. The van der Waals surface area contributed by atoms with Crippen molar-refractivity contribution >= 4 is 21.6 Å². The van der Waals surface area contributed by atoms with Gasteiger partial charge in [0.15, 0.2) is 0 Å². The lowest BCUT2D eigenvalue weighted by molar-refractivity contribution is 0.414. The van der Waals surface area contributed by atoms with E-state index in [4.69, 9.17) is 4.74 Å². The van der Waals surface area contributed by atoms with Crippen LogP contribution >= 0.6 is 11.3 Å². The van der Waals surface area contributed by atoms with E-state index in [1.165, 1.54) is 15.9 Å². The van der Waals surface area contributed by atoms with E-state index in [2.05, 4.69) is 6.07 Å². The summed E-state index contributed by atoms with van der Waals surface area (Å²) in [5.41, 5.74) is 2.94. The minimum atomic E-state index is -0.349. The van der Waals surface area contributed by atoms with Crippen molar-refractivity contribution in [3.8, 4) is 11.4 Å². The van der Waals surface area contributed by atoms with Gasteiger partial charge in [-0.1, -0.05) is 35.9 Å². The summed E-state index contributed by atoms with van der Waals surface area (Å²) in [4.78, 5) is 28.6. The Kier molecular flexibility index (Phi) is 4.88. The van der Waals surface area contributed by atoms with Crippen LogP contribution in [0.4, 0.5) is 0 Å². The summed E-state index contributed by atoms with van der Waals surface area (Å²) in [5, 5.41) is 0.600. The van der Waals surface area contributed by atoms with Gasteiger partial charge in [0, 0.05) is 10.9 Å². The van der Waals surface area contributed by atoms with Crippen molar-refractivity contribution in [2.45, 2.75) is 27.3 Å². The van der Waals surface area contributed by atoms with Gasteiger partial charge in [0.2, 0.25) is 0 Å². The predicted molar refractivity (Wildman–Crippen MR) is 118 cm³/mol. The van der Waals surface area contributed by atoms with E-state index in [0.717, 1.165) is 26.4 Å². The molecule has 0 atom stereocenters. The summed E-state index contributed by atoms with van der Waals surface area (Å²) in [6, 6.07) is 15.1. The second-order valence-corrected chi connectivity index (χ2v) is 8.37. The number of hydrogen-bond donors (Lipinski definition) is 0. The molecule has 6 heteroatoms. The van der Waals surface area contributed by atoms with E-state index in [9.17, 15) is 9.59 Å². The summed E-state index contributed by atoms with van der Waals surface area (Å²) >= 11 is 1.49. The van der Waals surface area contributed by atoms with Crippen LogP contribution in [-0.2, 0) is 6.54 Å². The average molecular weight is 407 g/mol. The number of nitrogens with zero attached hydrogens (tertiary/aromatic N) is 2. The molecule has 0 radical (unpaired) electrons. The van der Waals surface area contributed by atoms with Crippen molar-refractivity contribution in [2.75, 3.05) is 7.11 Å². The molecule has 0 saturated heterocycles. The topological polar surface area (TPSA) is 53.2 Å². The molecule has 0 fully saturated rings. The Morgan fingerprint density at radius 1 is 1.00 bits per heavy atom. The van der Waals surface area contributed by atoms with Gasteiger partial charge >= 0.3 is 5.69 Å². The molecule has 0 aliphatic carbocycles. The van der Waals surface area contributed by atoms with Crippen LogP contribution in [0.2, 0.25) is 0 Å². The number of thiophene rings is 1. The number of rotatable bonds is 4. The van der Waals surface area contributed by atoms with Crippen LogP contribution in [0.15, 0.2) is 58.1 Å². The average Bonchev–Trinajstić information content (AvgIpc) is 3.00. The van der Waals surface area contributed by atoms with Gasteiger partial charge in [-0.05, 0) is 44.0 Å². The summed E-state index contributed by atoms with van der Waals surface area (Å²) in [5.74, 6) is 0.595. The highest BCUT2D eigenvalue weighted by Crippen LogP contribution is 2.28. The first-order valence-electron chi connectivity index (χ1n) is 9.36. The maximum absolute atomic E-state index is 13.5. The Morgan fingerprint density at radius 2 is 1.76 bits per heavy atom. The van der Waals surface area contributed by atoms with Gasteiger partial charge in [0.1, 0.15) is 10.6 Å². The molecule has 0 saturated carbocycles. The van der Waals surface area contributed by atoms with Crippen LogP contribution < -0.4 is 16.0 Å². The van der Waals surface area contributed by atoms with Crippen LogP contribution in [0.1, 0.15) is 21.6 Å². The molecular formula is C23H22N2O3S. The summed E-state index contributed by atoms with van der Waals surface area (Å²) in [7, 11) is 1.56. The van der Waals surface area contributed by atoms with Gasteiger partial charge in [-0.15, -0.1) is 11.3 Å². The highest BCUT2D eigenvalue weighted by atomic mass is 32.1. The standard InChI is InChI=1S/C23H22N2O3S/c1-14-7-5-8-17(11-14)13-24-22-20(15(2)16(3)29-22)21(26)25(23(24)27)18-9-6-10-19(12-18)28-4/h5-12H,13H2,1-4H3. The molecule has 0 amide bonds. The molecule has 4 rings (SSSR count). The van der Waals surface area contributed by atoms with E-state index in [0.29, 0.717) is 23.4 Å². The molecule has 0 N–H and O–H groups in total. The SMILES string of the molecule is COc1cccc(-n2c(=O)c3c(C)c(C)sc3n(Cc3cccc(C)c3)c2=O)c1. The molecule has 2 aromatic heterocycles. The number of hydrogen-bond acceptors (Lipinski definition) is 4. The van der Waals surface area contributed by atoms with Gasteiger partial charge in [-0.2, -0.15) is 0 Å². The number of benzene rings is 2. The zero-order chi connectivity index (χ0) is 20.7. The molecule has 2 heterocycles. The van der Waals surface area contributed by atoms with Crippen molar-refractivity contribution in [2.24, 2.45) is 0 Å². The number of methoxy groups -OCH3 is 1. The molecule has 0 spiro atoms. The Labute approximate surface area is 172 Å². The normalized spacial score (nSPS) is 11.2. The molecule has 0 bridgehead atoms. The van der Waals surface area contributed by atoms with Crippen LogP contribution in [-0.4, -0.2) is 16.2 Å². The van der Waals surface area contributed by atoms with Crippen molar-refractivity contribution in [1.29, 1.82) is 0 Å². The van der Waals surface area contributed by atoms with Crippen LogP contribution in [0.25, 0.3) is 15.9 Å². The predicted octanol–water partition coefficient (Wildman–Crippen LogP) is 4.20. The van der Waals surface area contributed by atoms with Gasteiger partial charge < -0.3 is 4.74 Å². The van der Waals surface area contributed by atoms with Crippen molar-refractivity contribution in [3.05, 3.63) is 90.9 Å². The van der Waals surface area contributed by atoms with Crippen molar-refractivity contribution in [3.63, 3.8) is 0 Å². The lowest BCUT2D eigenvalue weighted by Crippen LogP contribution is -2.38. The number of aryl methyl sites for hydroxylation is 3. The van der Waals surface area contributed by atoms with Gasteiger partial charge in [-0.3, -0.25) is 9.36 Å². The Bertz CT molecular complexity index is 1340. The molecule has 5 nitrogen and oxygen atoms in total. The third-order valence-electron chi connectivity index (χ3n) is 5.19. The number of fused-ring (bicyclic) bond motifs is 1. The molecule has 4 aromatic rings. The Balaban J connectivity index is 2.05. The largest absolute Gasteiger partial charge is 0.497 e. The molecule has 0 aliphatic rings. The molecule has 29 heavy (non-hydrogen) atoms. The maximum Gasteiger partial charge on any atom is 0.337 e. The first-order valence-corrected chi connectivity index (χ1v) is 10.2. The highest BCUT2D eigenvalue weighted by Gasteiger charge is 2.20. The van der Waals surface area contributed by atoms with E-state index < -0.39 is 0 Å². The monoisotopic (exact) mass is 406 g/mol. The molecule has 0 aliphatic heterocycles. The fourth-order valence-electron chi connectivity index (χ4n) is 3.57. The minimum absolute atomic E-state index is 0.291. The summed E-state index contributed by atoms with van der Waals surface area (Å²) < 4.78 is 8.24. The Hall–Kier alpha value is -3.12. The van der Waals surface area contributed by atoms with Crippen LogP contribution in [0, 0.1) is 20.8 Å². The zero-order valence-electron chi connectivity index (χ0n) is 16.9. The molecule has 2 aromatic carbocycles. The Morgan fingerprint density at radius 3 is 2.48 bits per heavy atom. The van der Waals surface area contributed by atoms with Crippen LogP contribution in [0.3, 0.4) is 0 Å². The summed E-state index contributed by atoms with van der Waals surface area (Å²) in [6.45, 7) is 6.35. The minimum Gasteiger partial charge on any atom is -0.497 e. The molecule has 0 unspecified atom stereocenters. The van der Waals surface area contributed by atoms with E-state index in [-0.39, 0.29) is 11.2 Å². The fraction of sp³-hybridized carbons (Fsp3) is 0.217. The maximum atomic E-state index is 13.5. The van der Waals surface area contributed by atoms with E-state index in [1.807, 2.05) is 39.0 Å². The first kappa shape index (κ1) is 19.2. The van der Waals surface area contributed by atoms with Crippen molar-refractivity contribution in [1.82, 2.24) is 9.13 Å². The van der Waals surface area contributed by atoms with Gasteiger partial charge in [-0.25, -0.2) is 9.36 Å². The highest BCUT2D eigenvalue weighted by molar-refractivity contribution is 7.18. The van der Waals surface area contributed by atoms with E-state index in [1.54, 1.807) is 35.9 Å². The van der Waals surface area contributed by atoms with Gasteiger partial charge in [0.25, 0.3) is 5.56 Å². The van der Waals surface area contributed by atoms with Crippen LogP contribution in [0.5, 0.6) is 5.75 Å². The second-order valence-electron chi connectivity index (χ2n) is 7.16. The third-order valence-corrected chi connectivity index (χ3v) is 6.42. The first-order chi connectivity index (χ1) is 13.9. The molecular weight excluding hydrogens is 384 g/mol. The molecule has 148 valence electrons. The second kappa shape index (κ2) is 7.37. The third kappa shape index (κ3) is 3.29. The zero-order valence-corrected chi connectivity index (χ0v) is 17.7. The number of aromatic nitrogens is 2. The lowest BCUT2D eigenvalue weighted by Gasteiger charge is -2.13. The summed E-state index contributed by atoms with van der Waals surface area (Å²) in [6.07, 6.45) is 0. The smallest absolute Gasteiger partial charge is 0.337 e. The fourth-order valence-corrected chi connectivity index (χ4v) is 4.71. The van der Waals surface area contributed by atoms with Gasteiger partial charge in [0.05, 0.1) is 24.7 Å².